The van der Waals surface area contributed by atoms with Crippen LogP contribution in [0.15, 0.2) is 24.3 Å². The maximum Gasteiger partial charge on any atom is 0.375 e. The number of ether oxygens (including phenoxy) is 1. The van der Waals surface area contributed by atoms with Crippen molar-refractivity contribution in [3.8, 4) is 0 Å². The van der Waals surface area contributed by atoms with Gasteiger partial charge in [-0.25, -0.2) is 4.79 Å². The van der Waals surface area contributed by atoms with Gasteiger partial charge in [0.15, 0.2) is 5.78 Å². The number of Topliss-reactive ketones (excluding diaryl/α,β-unsaturated/α-hetero) is 2. The lowest BCUT2D eigenvalue weighted by atomic mass is 9.95. The molecule has 1 atom stereocenters. The van der Waals surface area contributed by atoms with Gasteiger partial charge in [0, 0.05) is 17.7 Å². The van der Waals surface area contributed by atoms with E-state index in [0.717, 1.165) is 13.2 Å². The molecule has 0 saturated heterocycles. The van der Waals surface area contributed by atoms with Crippen LogP contribution in [0.25, 0.3) is 0 Å². The average Bonchev–Trinajstić information content (AvgIpc) is 2.44. The summed E-state index contributed by atoms with van der Waals surface area (Å²) in [5.41, 5.74) is -0.262. The number of carbonyl (C=O) groups is 3. The molecule has 0 radical (unpaired) electrons. The van der Waals surface area contributed by atoms with Crippen LogP contribution in [0.4, 0.5) is 5.69 Å². The maximum atomic E-state index is 11.9. The number of nitro groups is 1. The fourth-order valence-corrected chi connectivity index (χ4v) is 1.42. The minimum Gasteiger partial charge on any atom is -0.463 e. The van der Waals surface area contributed by atoms with Gasteiger partial charge in [-0.1, -0.05) is 12.1 Å². The molecule has 19 heavy (non-hydrogen) atoms. The number of hydrogen-bond donors (Lipinski definition) is 0. The molecule has 0 fully saturated rings. The third kappa shape index (κ3) is 3.21. The molecule has 7 heteroatoms. The van der Waals surface area contributed by atoms with E-state index in [-0.39, 0.29) is 11.3 Å². The summed E-state index contributed by atoms with van der Waals surface area (Å²) in [6.07, 6.45) is 0. The fourth-order valence-electron chi connectivity index (χ4n) is 1.42. The van der Waals surface area contributed by atoms with Crippen LogP contribution in [0.3, 0.4) is 0 Å². The number of hydrogen-bond acceptors (Lipinski definition) is 6. The summed E-state index contributed by atoms with van der Waals surface area (Å²) in [7, 11) is 1.03. The minimum atomic E-state index is -1.24. The van der Waals surface area contributed by atoms with Crippen LogP contribution >= 0.6 is 0 Å². The van der Waals surface area contributed by atoms with Crippen LogP contribution in [0.2, 0.25) is 0 Å². The molecule has 0 amide bonds. The van der Waals surface area contributed by atoms with Crippen molar-refractivity contribution in [2.24, 2.45) is 5.92 Å². The first-order valence-electron chi connectivity index (χ1n) is 5.29. The van der Waals surface area contributed by atoms with E-state index in [1.165, 1.54) is 25.1 Å². The number of non-ortho nitro benzene ring substituents is 1. The zero-order valence-corrected chi connectivity index (χ0v) is 10.3. The van der Waals surface area contributed by atoms with Gasteiger partial charge < -0.3 is 4.74 Å². The maximum absolute atomic E-state index is 11.9. The number of nitrogens with zero attached hydrogens (tertiary/aromatic N) is 1. The van der Waals surface area contributed by atoms with Gasteiger partial charge in [-0.3, -0.25) is 19.7 Å². The van der Waals surface area contributed by atoms with E-state index in [1.807, 2.05) is 0 Å². The number of nitro benzene ring substituents is 1. The van der Waals surface area contributed by atoms with Crippen molar-refractivity contribution in [2.45, 2.75) is 6.92 Å². The molecule has 0 aliphatic rings. The molecule has 0 N–H and O–H groups in total. The summed E-state index contributed by atoms with van der Waals surface area (Å²) in [5, 5.41) is 10.6. The van der Waals surface area contributed by atoms with Crippen LogP contribution in [0.1, 0.15) is 17.3 Å². The Morgan fingerprint density at radius 3 is 2.47 bits per heavy atom. The second-order valence-electron chi connectivity index (χ2n) is 3.75. The van der Waals surface area contributed by atoms with Gasteiger partial charge in [-0.05, 0) is 6.92 Å². The molecular formula is C12H11NO6. The summed E-state index contributed by atoms with van der Waals surface area (Å²) in [6, 6.07) is 4.96. The predicted octanol–water partition coefficient (Wildman–Crippen LogP) is 1.16. The van der Waals surface area contributed by atoms with Gasteiger partial charge in [-0.2, -0.15) is 0 Å². The molecular weight excluding hydrogens is 254 g/mol. The number of carbonyl (C=O) groups excluding carboxylic acids is 3. The Kier molecular flexibility index (Phi) is 4.46. The van der Waals surface area contributed by atoms with Crippen molar-refractivity contribution in [3.63, 3.8) is 0 Å². The molecule has 0 aromatic heterocycles. The summed E-state index contributed by atoms with van der Waals surface area (Å²) in [6.45, 7) is 1.25. The lowest BCUT2D eigenvalue weighted by Crippen LogP contribution is -2.29. The van der Waals surface area contributed by atoms with Crippen molar-refractivity contribution in [3.05, 3.63) is 39.9 Å². The summed E-state index contributed by atoms with van der Waals surface area (Å²) < 4.78 is 4.23. The monoisotopic (exact) mass is 265 g/mol. The Morgan fingerprint density at radius 2 is 1.95 bits per heavy atom. The molecule has 0 spiro atoms. The molecule has 1 aromatic carbocycles. The molecule has 0 saturated carbocycles. The van der Waals surface area contributed by atoms with Crippen molar-refractivity contribution in [2.75, 3.05) is 7.11 Å². The lowest BCUT2D eigenvalue weighted by Gasteiger charge is -2.07. The van der Waals surface area contributed by atoms with Crippen LogP contribution in [-0.2, 0) is 14.3 Å². The van der Waals surface area contributed by atoms with E-state index >= 15 is 0 Å². The fraction of sp³-hybridized carbons (Fsp3) is 0.250. The molecule has 100 valence electrons. The molecule has 0 aliphatic carbocycles. The van der Waals surface area contributed by atoms with E-state index < -0.39 is 28.4 Å². The third-order valence-electron chi connectivity index (χ3n) is 2.51. The minimum absolute atomic E-state index is 0.000969. The van der Waals surface area contributed by atoms with Gasteiger partial charge in [0.2, 0.25) is 0 Å². The zero-order chi connectivity index (χ0) is 14.6. The summed E-state index contributed by atoms with van der Waals surface area (Å²) >= 11 is 0. The predicted molar refractivity (Wildman–Crippen MR) is 63.6 cm³/mol. The van der Waals surface area contributed by atoms with E-state index in [2.05, 4.69) is 4.74 Å². The average molecular weight is 265 g/mol. The van der Waals surface area contributed by atoms with Crippen LogP contribution in [0.5, 0.6) is 0 Å². The van der Waals surface area contributed by atoms with Gasteiger partial charge in [0.05, 0.1) is 18.0 Å². The first-order chi connectivity index (χ1) is 8.88. The topological polar surface area (TPSA) is 104 Å². The number of esters is 1. The summed E-state index contributed by atoms with van der Waals surface area (Å²) in [5.74, 6) is -4.01. The molecule has 7 nitrogen and oxygen atoms in total. The molecule has 0 heterocycles. The Balaban J connectivity index is 3.00. The third-order valence-corrected chi connectivity index (χ3v) is 2.51. The number of methoxy groups -OCH3 is 1. The zero-order valence-electron chi connectivity index (χ0n) is 10.3. The van der Waals surface area contributed by atoms with Crippen molar-refractivity contribution in [1.29, 1.82) is 0 Å². The van der Waals surface area contributed by atoms with E-state index in [1.54, 1.807) is 0 Å². The molecule has 1 aromatic rings. The van der Waals surface area contributed by atoms with Gasteiger partial charge in [0.25, 0.3) is 11.5 Å². The highest BCUT2D eigenvalue weighted by Gasteiger charge is 2.29. The first-order valence-corrected chi connectivity index (χ1v) is 5.29. The van der Waals surface area contributed by atoms with E-state index in [9.17, 15) is 24.5 Å². The number of rotatable bonds is 5. The highest BCUT2D eigenvalue weighted by Crippen LogP contribution is 2.17. The Bertz CT molecular complexity index is 551. The highest BCUT2D eigenvalue weighted by atomic mass is 16.6. The molecule has 0 aliphatic heterocycles. The van der Waals surface area contributed by atoms with E-state index in [0.29, 0.717) is 0 Å². The number of ketones is 2. The van der Waals surface area contributed by atoms with Gasteiger partial charge >= 0.3 is 5.97 Å². The second kappa shape index (κ2) is 5.85. The van der Waals surface area contributed by atoms with Crippen LogP contribution < -0.4 is 0 Å². The van der Waals surface area contributed by atoms with Crippen molar-refractivity contribution >= 4 is 23.2 Å². The van der Waals surface area contributed by atoms with Gasteiger partial charge in [-0.15, -0.1) is 0 Å². The highest BCUT2D eigenvalue weighted by molar-refractivity contribution is 6.39. The van der Waals surface area contributed by atoms with Crippen molar-refractivity contribution in [1.82, 2.24) is 0 Å². The quantitative estimate of drug-likeness (QED) is 0.197. The first kappa shape index (κ1) is 14.5. The Labute approximate surface area is 108 Å². The SMILES string of the molecule is COC(=O)C(=O)C(C)C(=O)c1cccc([N+](=O)[O-])c1. The lowest BCUT2D eigenvalue weighted by molar-refractivity contribution is -0.384. The second-order valence-corrected chi connectivity index (χ2v) is 3.75. The van der Waals surface area contributed by atoms with E-state index in [4.69, 9.17) is 0 Å². The largest absolute Gasteiger partial charge is 0.463 e. The Morgan fingerprint density at radius 1 is 1.32 bits per heavy atom. The van der Waals surface area contributed by atoms with Crippen LogP contribution in [0, 0.1) is 16.0 Å². The van der Waals surface area contributed by atoms with Crippen molar-refractivity contribution < 1.29 is 24.0 Å². The summed E-state index contributed by atoms with van der Waals surface area (Å²) in [4.78, 5) is 44.4. The molecule has 1 unspecified atom stereocenters. The molecule has 0 bridgehead atoms. The normalized spacial score (nSPS) is 11.5. The molecule has 1 rings (SSSR count). The Hall–Kier alpha value is -2.57. The van der Waals surface area contributed by atoms with Crippen LogP contribution in [-0.4, -0.2) is 29.6 Å². The smallest absolute Gasteiger partial charge is 0.375 e. The van der Waals surface area contributed by atoms with Gasteiger partial charge in [0.1, 0.15) is 0 Å². The number of benzene rings is 1. The standard InChI is InChI=1S/C12H11NO6/c1-7(11(15)12(16)19-2)10(14)8-4-3-5-9(6-8)13(17)18/h3-7H,1-2H3.